The fourth-order valence-electron chi connectivity index (χ4n) is 1.87. The number of aryl methyl sites for hydroxylation is 2. The monoisotopic (exact) mass is 209 g/mol. The van der Waals surface area contributed by atoms with E-state index in [1.807, 2.05) is 0 Å². The number of hydrogen-bond donors (Lipinski definition) is 1. The molecule has 3 nitrogen and oxygen atoms in total. The second-order valence-corrected chi connectivity index (χ2v) is 4.18. The zero-order valence-corrected chi connectivity index (χ0v) is 10.2. The summed E-state index contributed by atoms with van der Waals surface area (Å²) >= 11 is 0. The Morgan fingerprint density at radius 1 is 1.47 bits per heavy atom. The topological polar surface area (TPSA) is 43.8 Å². The van der Waals surface area contributed by atoms with Crippen LogP contribution in [0.3, 0.4) is 0 Å². The van der Waals surface area contributed by atoms with Crippen LogP contribution in [0.5, 0.6) is 0 Å². The van der Waals surface area contributed by atoms with Crippen LogP contribution in [0.25, 0.3) is 0 Å². The van der Waals surface area contributed by atoms with Crippen molar-refractivity contribution < 1.29 is 0 Å². The van der Waals surface area contributed by atoms with Gasteiger partial charge in [-0.15, -0.1) is 0 Å². The van der Waals surface area contributed by atoms with E-state index in [1.165, 1.54) is 11.4 Å². The molecule has 0 fully saturated rings. The molecule has 3 heteroatoms. The standard InChI is InChI=1S/C12H23N3/c1-4-11-9-12(15(5-2)14-11)8-10(3)6-7-13/h9-10H,4-8,13H2,1-3H3. The van der Waals surface area contributed by atoms with Gasteiger partial charge in [-0.05, 0) is 44.7 Å². The minimum absolute atomic E-state index is 0.654. The SMILES string of the molecule is CCc1cc(CC(C)CCN)n(CC)n1. The van der Waals surface area contributed by atoms with Gasteiger partial charge < -0.3 is 5.73 Å². The molecule has 0 aliphatic carbocycles. The average Bonchev–Trinajstić information content (AvgIpc) is 2.60. The highest BCUT2D eigenvalue weighted by Crippen LogP contribution is 2.13. The lowest BCUT2D eigenvalue weighted by Gasteiger charge is -2.10. The lowest BCUT2D eigenvalue weighted by molar-refractivity contribution is 0.503. The molecule has 15 heavy (non-hydrogen) atoms. The summed E-state index contributed by atoms with van der Waals surface area (Å²) in [6.07, 6.45) is 3.21. The van der Waals surface area contributed by atoms with E-state index >= 15 is 0 Å². The van der Waals surface area contributed by atoms with Crippen LogP contribution >= 0.6 is 0 Å². The number of hydrogen-bond acceptors (Lipinski definition) is 2. The van der Waals surface area contributed by atoms with Gasteiger partial charge in [-0.25, -0.2) is 0 Å². The number of nitrogens with two attached hydrogens (primary N) is 1. The molecular weight excluding hydrogens is 186 g/mol. The Morgan fingerprint density at radius 2 is 2.20 bits per heavy atom. The van der Waals surface area contributed by atoms with E-state index in [9.17, 15) is 0 Å². The highest BCUT2D eigenvalue weighted by Gasteiger charge is 2.09. The van der Waals surface area contributed by atoms with Crippen LogP contribution in [0, 0.1) is 5.92 Å². The molecule has 1 unspecified atom stereocenters. The first-order valence-electron chi connectivity index (χ1n) is 5.96. The first-order valence-corrected chi connectivity index (χ1v) is 5.96. The summed E-state index contributed by atoms with van der Waals surface area (Å²) in [6.45, 7) is 8.29. The number of rotatable bonds is 6. The van der Waals surface area contributed by atoms with E-state index in [2.05, 4.69) is 36.6 Å². The number of nitrogens with zero attached hydrogens (tertiary/aromatic N) is 2. The van der Waals surface area contributed by atoms with Gasteiger partial charge in [-0.3, -0.25) is 4.68 Å². The van der Waals surface area contributed by atoms with Gasteiger partial charge in [0.2, 0.25) is 0 Å². The molecule has 0 aliphatic heterocycles. The van der Waals surface area contributed by atoms with Crippen molar-refractivity contribution in [2.75, 3.05) is 6.54 Å². The largest absolute Gasteiger partial charge is 0.330 e. The molecule has 1 aromatic rings. The van der Waals surface area contributed by atoms with Gasteiger partial charge in [-0.2, -0.15) is 5.10 Å². The molecule has 0 amide bonds. The van der Waals surface area contributed by atoms with Crippen LogP contribution in [0.2, 0.25) is 0 Å². The molecule has 0 saturated heterocycles. The normalized spacial score (nSPS) is 13.1. The molecule has 0 aromatic carbocycles. The second-order valence-electron chi connectivity index (χ2n) is 4.18. The smallest absolute Gasteiger partial charge is 0.0624 e. The molecule has 0 radical (unpaired) electrons. The summed E-state index contributed by atoms with van der Waals surface area (Å²) in [6, 6.07) is 2.23. The highest BCUT2D eigenvalue weighted by atomic mass is 15.3. The van der Waals surface area contributed by atoms with E-state index in [-0.39, 0.29) is 0 Å². The molecule has 0 saturated carbocycles. The van der Waals surface area contributed by atoms with Crippen LogP contribution in [0.15, 0.2) is 6.07 Å². The van der Waals surface area contributed by atoms with E-state index in [0.717, 1.165) is 32.4 Å². The van der Waals surface area contributed by atoms with Gasteiger partial charge in [0.1, 0.15) is 0 Å². The highest BCUT2D eigenvalue weighted by molar-refractivity contribution is 5.11. The predicted octanol–water partition coefficient (Wildman–Crippen LogP) is 1.99. The van der Waals surface area contributed by atoms with Crippen LogP contribution in [-0.4, -0.2) is 16.3 Å². The maximum Gasteiger partial charge on any atom is 0.0624 e. The van der Waals surface area contributed by atoms with Crippen molar-refractivity contribution in [3.63, 3.8) is 0 Å². The van der Waals surface area contributed by atoms with Gasteiger partial charge >= 0.3 is 0 Å². The molecule has 0 bridgehead atoms. The molecule has 0 spiro atoms. The summed E-state index contributed by atoms with van der Waals surface area (Å²) in [7, 11) is 0. The summed E-state index contributed by atoms with van der Waals surface area (Å²) in [5.74, 6) is 0.654. The van der Waals surface area contributed by atoms with Crippen molar-refractivity contribution in [1.82, 2.24) is 9.78 Å². The summed E-state index contributed by atoms with van der Waals surface area (Å²) < 4.78 is 2.12. The van der Waals surface area contributed by atoms with E-state index < -0.39 is 0 Å². The van der Waals surface area contributed by atoms with Crippen molar-refractivity contribution in [3.05, 3.63) is 17.5 Å². The average molecular weight is 209 g/mol. The first kappa shape index (κ1) is 12.2. The quantitative estimate of drug-likeness (QED) is 0.778. The molecule has 1 heterocycles. The van der Waals surface area contributed by atoms with Gasteiger partial charge in [0.15, 0.2) is 0 Å². The first-order chi connectivity index (χ1) is 7.21. The third kappa shape index (κ3) is 3.34. The Bertz CT molecular complexity index is 291. The van der Waals surface area contributed by atoms with E-state index in [1.54, 1.807) is 0 Å². The maximum atomic E-state index is 5.56. The Kier molecular flexibility index (Phi) is 4.82. The molecule has 86 valence electrons. The molecule has 1 atom stereocenters. The fraction of sp³-hybridized carbons (Fsp3) is 0.750. The van der Waals surface area contributed by atoms with Crippen LogP contribution < -0.4 is 5.73 Å². The van der Waals surface area contributed by atoms with Gasteiger partial charge in [0.25, 0.3) is 0 Å². The second kappa shape index (κ2) is 5.91. The molecular formula is C12H23N3. The van der Waals surface area contributed by atoms with Gasteiger partial charge in [0.05, 0.1) is 5.69 Å². The number of aromatic nitrogens is 2. The Labute approximate surface area is 92.7 Å². The maximum absolute atomic E-state index is 5.56. The third-order valence-corrected chi connectivity index (χ3v) is 2.79. The fourth-order valence-corrected chi connectivity index (χ4v) is 1.87. The van der Waals surface area contributed by atoms with E-state index in [0.29, 0.717) is 5.92 Å². The molecule has 0 aliphatic rings. The van der Waals surface area contributed by atoms with Crippen molar-refractivity contribution in [2.45, 2.75) is 46.6 Å². The zero-order valence-electron chi connectivity index (χ0n) is 10.2. The molecule has 2 N–H and O–H groups in total. The van der Waals surface area contributed by atoms with E-state index in [4.69, 9.17) is 5.73 Å². The minimum atomic E-state index is 0.654. The minimum Gasteiger partial charge on any atom is -0.330 e. The predicted molar refractivity (Wildman–Crippen MR) is 63.8 cm³/mol. The lowest BCUT2D eigenvalue weighted by atomic mass is 10.0. The van der Waals surface area contributed by atoms with Crippen molar-refractivity contribution in [2.24, 2.45) is 11.7 Å². The van der Waals surface area contributed by atoms with Gasteiger partial charge in [0, 0.05) is 12.2 Å². The Morgan fingerprint density at radius 3 is 2.73 bits per heavy atom. The van der Waals surface area contributed by atoms with Crippen molar-refractivity contribution >= 4 is 0 Å². The van der Waals surface area contributed by atoms with Crippen LogP contribution in [0.4, 0.5) is 0 Å². The van der Waals surface area contributed by atoms with Gasteiger partial charge in [-0.1, -0.05) is 13.8 Å². The van der Waals surface area contributed by atoms with Crippen molar-refractivity contribution in [1.29, 1.82) is 0 Å². The Balaban J connectivity index is 2.69. The summed E-state index contributed by atoms with van der Waals surface area (Å²) in [5.41, 5.74) is 8.12. The lowest BCUT2D eigenvalue weighted by Crippen LogP contribution is -2.11. The molecule has 1 rings (SSSR count). The molecule has 1 aromatic heterocycles. The zero-order chi connectivity index (χ0) is 11.3. The van der Waals surface area contributed by atoms with Crippen molar-refractivity contribution in [3.8, 4) is 0 Å². The summed E-state index contributed by atoms with van der Waals surface area (Å²) in [4.78, 5) is 0. The van der Waals surface area contributed by atoms with Crippen LogP contribution in [0.1, 0.15) is 38.6 Å². The Hall–Kier alpha value is -0.830. The van der Waals surface area contributed by atoms with Crippen LogP contribution in [-0.2, 0) is 19.4 Å². The third-order valence-electron chi connectivity index (χ3n) is 2.79. The summed E-state index contributed by atoms with van der Waals surface area (Å²) in [5, 5.41) is 4.55.